The summed E-state index contributed by atoms with van der Waals surface area (Å²) in [6.45, 7) is 5.96. The highest BCUT2D eigenvalue weighted by atomic mass is 32.2. The molecule has 6 heteroatoms. The maximum Gasteiger partial charge on any atom is 0.233 e. The number of thioether (sulfide) groups is 1. The van der Waals surface area contributed by atoms with Gasteiger partial charge in [0.1, 0.15) is 0 Å². The number of rotatable bonds is 5. The minimum absolute atomic E-state index is 0.211. The average Bonchev–Trinajstić information content (AvgIpc) is 3.11. The molecule has 2 heterocycles. The lowest BCUT2D eigenvalue weighted by Gasteiger charge is -2.34. The monoisotopic (exact) mass is 381 g/mol. The first-order chi connectivity index (χ1) is 13.2. The van der Waals surface area contributed by atoms with Crippen molar-refractivity contribution in [1.82, 2.24) is 15.0 Å². The van der Waals surface area contributed by atoms with E-state index < -0.39 is 0 Å². The van der Waals surface area contributed by atoms with E-state index in [-0.39, 0.29) is 5.91 Å². The second-order valence-electron chi connectivity index (χ2n) is 6.89. The summed E-state index contributed by atoms with van der Waals surface area (Å²) in [7, 11) is 0. The second-order valence-corrected chi connectivity index (χ2v) is 7.94. The fourth-order valence-electron chi connectivity index (χ4n) is 3.36. The van der Waals surface area contributed by atoms with Crippen LogP contribution in [0.15, 0.2) is 57.9 Å². The van der Waals surface area contributed by atoms with Gasteiger partial charge < -0.3 is 9.42 Å². The Morgan fingerprint density at radius 2 is 1.85 bits per heavy atom. The third-order valence-electron chi connectivity index (χ3n) is 4.86. The van der Waals surface area contributed by atoms with Crippen LogP contribution in [0.25, 0.3) is 10.8 Å². The summed E-state index contributed by atoms with van der Waals surface area (Å²) in [5.41, 5.74) is 0.907. The normalized spacial score (nSPS) is 15.4. The summed E-state index contributed by atoms with van der Waals surface area (Å²) in [5, 5.41) is 6.37. The third kappa shape index (κ3) is 4.51. The van der Waals surface area contributed by atoms with E-state index in [2.05, 4.69) is 40.4 Å². The highest BCUT2D eigenvalue weighted by molar-refractivity contribution is 8.00. The summed E-state index contributed by atoms with van der Waals surface area (Å²) in [6.07, 6.45) is 0. The van der Waals surface area contributed by atoms with Gasteiger partial charge in [0.05, 0.1) is 18.0 Å². The first-order valence-corrected chi connectivity index (χ1v) is 10.2. The van der Waals surface area contributed by atoms with E-state index in [9.17, 15) is 4.79 Å². The van der Waals surface area contributed by atoms with Crippen LogP contribution in [0.2, 0.25) is 0 Å². The van der Waals surface area contributed by atoms with Crippen molar-refractivity contribution in [1.29, 1.82) is 0 Å². The minimum atomic E-state index is 0.211. The number of piperazine rings is 1. The SMILES string of the molecule is Cc1cc(CN2CCN(C(=O)CSc3ccc4ccccc4c3)CC2)on1. The molecule has 1 aromatic heterocycles. The molecule has 1 fully saturated rings. The van der Waals surface area contributed by atoms with Gasteiger partial charge in [-0.3, -0.25) is 9.69 Å². The van der Waals surface area contributed by atoms with Crippen molar-refractivity contribution in [2.45, 2.75) is 18.4 Å². The predicted octanol–water partition coefficient (Wildman–Crippen LogP) is 3.57. The van der Waals surface area contributed by atoms with Gasteiger partial charge in [-0.05, 0) is 29.8 Å². The Hall–Kier alpha value is -2.31. The van der Waals surface area contributed by atoms with Crippen molar-refractivity contribution in [2.75, 3.05) is 31.9 Å². The third-order valence-corrected chi connectivity index (χ3v) is 5.84. The van der Waals surface area contributed by atoms with Crippen LogP contribution in [0.4, 0.5) is 0 Å². The molecule has 0 saturated carbocycles. The smallest absolute Gasteiger partial charge is 0.233 e. The van der Waals surface area contributed by atoms with E-state index in [0.29, 0.717) is 5.75 Å². The molecule has 27 heavy (non-hydrogen) atoms. The van der Waals surface area contributed by atoms with Crippen LogP contribution >= 0.6 is 11.8 Å². The van der Waals surface area contributed by atoms with E-state index in [1.807, 2.05) is 30.0 Å². The van der Waals surface area contributed by atoms with E-state index >= 15 is 0 Å². The summed E-state index contributed by atoms with van der Waals surface area (Å²) >= 11 is 1.62. The fraction of sp³-hybridized carbons (Fsp3) is 0.333. The maximum atomic E-state index is 12.6. The number of amides is 1. The van der Waals surface area contributed by atoms with E-state index in [1.165, 1.54) is 10.8 Å². The van der Waals surface area contributed by atoms with Gasteiger partial charge in [-0.2, -0.15) is 0 Å². The number of aromatic nitrogens is 1. The van der Waals surface area contributed by atoms with Crippen LogP contribution in [-0.4, -0.2) is 52.8 Å². The minimum Gasteiger partial charge on any atom is -0.360 e. The predicted molar refractivity (Wildman–Crippen MR) is 108 cm³/mol. The van der Waals surface area contributed by atoms with Crippen molar-refractivity contribution < 1.29 is 9.32 Å². The molecule has 4 rings (SSSR count). The molecule has 0 radical (unpaired) electrons. The molecule has 0 aliphatic carbocycles. The molecule has 5 nitrogen and oxygen atoms in total. The summed E-state index contributed by atoms with van der Waals surface area (Å²) < 4.78 is 5.28. The molecule has 3 aromatic rings. The molecule has 1 aliphatic rings. The molecule has 2 aromatic carbocycles. The van der Waals surface area contributed by atoms with Crippen molar-refractivity contribution in [3.63, 3.8) is 0 Å². The molecular weight excluding hydrogens is 358 g/mol. The number of aryl methyl sites for hydroxylation is 1. The zero-order chi connectivity index (χ0) is 18.6. The van der Waals surface area contributed by atoms with Gasteiger partial charge >= 0.3 is 0 Å². The maximum absolute atomic E-state index is 12.6. The lowest BCUT2D eigenvalue weighted by atomic mass is 10.1. The number of hydrogen-bond acceptors (Lipinski definition) is 5. The summed E-state index contributed by atoms with van der Waals surface area (Å²) in [4.78, 5) is 18.0. The van der Waals surface area contributed by atoms with Crippen molar-refractivity contribution in [2.24, 2.45) is 0 Å². The first kappa shape index (κ1) is 18.1. The van der Waals surface area contributed by atoms with Gasteiger partial charge in [-0.15, -0.1) is 11.8 Å². The van der Waals surface area contributed by atoms with Gasteiger partial charge in [0, 0.05) is 37.1 Å². The molecule has 1 aliphatic heterocycles. The van der Waals surface area contributed by atoms with Gasteiger partial charge in [-0.1, -0.05) is 35.5 Å². The second kappa shape index (κ2) is 8.15. The van der Waals surface area contributed by atoms with Crippen LogP contribution in [0.5, 0.6) is 0 Å². The molecule has 0 spiro atoms. The molecule has 0 unspecified atom stereocenters. The number of nitrogens with zero attached hydrogens (tertiary/aromatic N) is 3. The van der Waals surface area contributed by atoms with E-state index in [1.54, 1.807) is 11.8 Å². The quantitative estimate of drug-likeness (QED) is 0.633. The van der Waals surface area contributed by atoms with Crippen LogP contribution in [-0.2, 0) is 11.3 Å². The molecule has 0 bridgehead atoms. The van der Waals surface area contributed by atoms with Gasteiger partial charge in [0.15, 0.2) is 5.76 Å². The van der Waals surface area contributed by atoms with Gasteiger partial charge in [0.2, 0.25) is 5.91 Å². The molecule has 140 valence electrons. The standard InChI is InChI=1S/C21H23N3O2S/c1-16-12-19(26-22-16)14-23-8-10-24(11-9-23)21(25)15-27-20-7-6-17-4-2-3-5-18(17)13-20/h2-7,12-13H,8-11,14-15H2,1H3. The van der Waals surface area contributed by atoms with Crippen molar-refractivity contribution in [3.8, 4) is 0 Å². The molecular formula is C21H23N3O2S. The van der Waals surface area contributed by atoms with Crippen LogP contribution < -0.4 is 0 Å². The zero-order valence-corrected chi connectivity index (χ0v) is 16.2. The fourth-order valence-corrected chi connectivity index (χ4v) is 4.21. The lowest BCUT2D eigenvalue weighted by molar-refractivity contribution is -0.130. The molecule has 0 atom stereocenters. The Morgan fingerprint density at radius 1 is 1.07 bits per heavy atom. The van der Waals surface area contributed by atoms with Gasteiger partial charge in [0.25, 0.3) is 0 Å². The Kier molecular flexibility index (Phi) is 5.45. The number of benzene rings is 2. The Morgan fingerprint density at radius 3 is 2.59 bits per heavy atom. The van der Waals surface area contributed by atoms with E-state index in [4.69, 9.17) is 4.52 Å². The molecule has 0 N–H and O–H groups in total. The highest BCUT2D eigenvalue weighted by Gasteiger charge is 2.22. The van der Waals surface area contributed by atoms with Crippen molar-refractivity contribution >= 4 is 28.4 Å². The number of carbonyl (C=O) groups is 1. The number of fused-ring (bicyclic) bond motifs is 1. The Bertz CT molecular complexity index is 932. The number of carbonyl (C=O) groups excluding carboxylic acids is 1. The van der Waals surface area contributed by atoms with Crippen LogP contribution in [0.3, 0.4) is 0 Å². The average molecular weight is 382 g/mol. The summed E-state index contributed by atoms with van der Waals surface area (Å²) in [5.74, 6) is 1.59. The van der Waals surface area contributed by atoms with E-state index in [0.717, 1.165) is 49.1 Å². The van der Waals surface area contributed by atoms with Crippen LogP contribution in [0.1, 0.15) is 11.5 Å². The van der Waals surface area contributed by atoms with Crippen LogP contribution in [0, 0.1) is 6.92 Å². The number of hydrogen-bond donors (Lipinski definition) is 0. The Balaban J connectivity index is 1.26. The first-order valence-electron chi connectivity index (χ1n) is 9.21. The highest BCUT2D eigenvalue weighted by Crippen LogP contribution is 2.24. The lowest BCUT2D eigenvalue weighted by Crippen LogP contribution is -2.48. The Labute approximate surface area is 163 Å². The molecule has 1 saturated heterocycles. The topological polar surface area (TPSA) is 49.6 Å². The summed E-state index contributed by atoms with van der Waals surface area (Å²) in [6, 6.07) is 16.6. The molecule has 1 amide bonds. The van der Waals surface area contributed by atoms with Crippen molar-refractivity contribution in [3.05, 3.63) is 60.0 Å². The zero-order valence-electron chi connectivity index (χ0n) is 15.4. The van der Waals surface area contributed by atoms with Gasteiger partial charge in [-0.25, -0.2) is 0 Å². The largest absolute Gasteiger partial charge is 0.360 e.